The molecule has 0 aliphatic carbocycles. The molecule has 9 rings (SSSR count). The SMILES string of the molecule is Bc1c(B)c(B)c(-c2c(B)c(B)c(-c3ccc(-c4nc(-c5ccccc5)nc(-c5ccccc5)n4)c4oc5cc6ccccc6cc5c34)c(B)c2B)c(B)c1B. The molecule has 0 atom stereocenters. The smallest absolute Gasteiger partial charge is 0.167 e. The van der Waals surface area contributed by atoms with Gasteiger partial charge in [-0.25, -0.2) is 15.0 Å². The number of benzene rings is 7. The Kier molecular flexibility index (Phi) is 8.80. The zero-order chi connectivity index (χ0) is 39.0. The van der Waals surface area contributed by atoms with Crippen molar-refractivity contribution in [3.8, 4) is 56.4 Å². The predicted octanol–water partition coefficient (Wildman–Crippen LogP) is -4.42. The summed E-state index contributed by atoms with van der Waals surface area (Å²) >= 11 is 0. The van der Waals surface area contributed by atoms with Gasteiger partial charge in [0, 0.05) is 21.9 Å². The van der Waals surface area contributed by atoms with Gasteiger partial charge in [-0.15, -0.1) is 16.4 Å². The molecular formula is C43H36B9N3O. The highest BCUT2D eigenvalue weighted by molar-refractivity contribution is 6.70. The minimum absolute atomic E-state index is 0.574. The third-order valence-corrected chi connectivity index (χ3v) is 12.6. The van der Waals surface area contributed by atoms with Gasteiger partial charge < -0.3 is 4.42 Å². The zero-order valence-electron chi connectivity index (χ0n) is 33.6. The monoisotopic (exact) mass is 709 g/mol. The van der Waals surface area contributed by atoms with Gasteiger partial charge in [0.1, 0.15) is 81.8 Å². The fraction of sp³-hybridized carbons (Fsp3) is 0. The van der Waals surface area contributed by atoms with E-state index in [9.17, 15) is 0 Å². The largest absolute Gasteiger partial charge is 0.455 e. The van der Waals surface area contributed by atoms with Gasteiger partial charge in [0.2, 0.25) is 0 Å². The fourth-order valence-corrected chi connectivity index (χ4v) is 8.85. The van der Waals surface area contributed by atoms with Crippen LogP contribution >= 0.6 is 0 Å². The minimum atomic E-state index is 0.574. The summed E-state index contributed by atoms with van der Waals surface area (Å²) in [5.41, 5.74) is 21.5. The Labute approximate surface area is 336 Å². The van der Waals surface area contributed by atoms with E-state index < -0.39 is 0 Å². The fourth-order valence-electron chi connectivity index (χ4n) is 8.85. The van der Waals surface area contributed by atoms with E-state index in [1.165, 1.54) is 71.2 Å². The second kappa shape index (κ2) is 13.7. The third kappa shape index (κ3) is 5.62. The van der Waals surface area contributed by atoms with Crippen LogP contribution in [0.5, 0.6) is 0 Å². The van der Waals surface area contributed by atoms with Gasteiger partial charge in [0.25, 0.3) is 0 Å². The van der Waals surface area contributed by atoms with E-state index in [-0.39, 0.29) is 0 Å². The lowest BCUT2D eigenvalue weighted by atomic mass is 9.56. The lowest BCUT2D eigenvalue weighted by molar-refractivity contribution is 0.670. The Morgan fingerprint density at radius 3 is 1.32 bits per heavy atom. The Morgan fingerprint density at radius 1 is 0.375 bits per heavy atom. The first-order valence-electron chi connectivity index (χ1n) is 19.5. The van der Waals surface area contributed by atoms with E-state index in [1.807, 2.05) is 60.7 Å². The quantitative estimate of drug-likeness (QED) is 0.170. The van der Waals surface area contributed by atoms with Crippen LogP contribution in [0, 0.1) is 0 Å². The van der Waals surface area contributed by atoms with Gasteiger partial charge in [-0.05, 0) is 51.2 Å². The summed E-state index contributed by atoms with van der Waals surface area (Å²) in [7, 11) is 20.6. The summed E-state index contributed by atoms with van der Waals surface area (Å²) in [6.45, 7) is 0. The van der Waals surface area contributed by atoms with Crippen LogP contribution in [0.25, 0.3) is 89.1 Å². The number of rotatable bonds is 5. The van der Waals surface area contributed by atoms with Crippen molar-refractivity contribution < 1.29 is 4.42 Å². The summed E-state index contributed by atoms with van der Waals surface area (Å²) in [5.74, 6) is 1.81. The van der Waals surface area contributed by atoms with Crippen LogP contribution < -0.4 is 49.2 Å². The standard InChI is InChI=1S/C43H36B9N3O/c44-31-28(32(45)34(47)29(33(31)46)30-35(48)37(50)39(52)38(51)36(30)49)23-15-16-24(40-27(23)25-17-21-13-7-8-14-22(21)18-26(25)56-40)43-54-41(19-9-3-1-4-10-19)53-42(55-43)20-11-5-2-6-12-20/h1-18H,44-52H2. The molecule has 13 heteroatoms. The summed E-state index contributed by atoms with van der Waals surface area (Å²) < 4.78 is 7.00. The maximum atomic E-state index is 7.00. The molecule has 2 heterocycles. The molecule has 7 aromatic carbocycles. The van der Waals surface area contributed by atoms with Crippen LogP contribution in [-0.2, 0) is 0 Å². The number of aromatic nitrogens is 3. The number of hydrogen-bond acceptors (Lipinski definition) is 4. The lowest BCUT2D eigenvalue weighted by Crippen LogP contribution is -2.57. The molecule has 9 aromatic rings. The average molecular weight is 708 g/mol. The van der Waals surface area contributed by atoms with E-state index in [0.717, 1.165) is 49.6 Å². The van der Waals surface area contributed by atoms with Crippen LogP contribution in [-0.4, -0.2) is 85.6 Å². The van der Waals surface area contributed by atoms with Crippen LogP contribution in [0.1, 0.15) is 0 Å². The minimum Gasteiger partial charge on any atom is -0.455 e. The molecule has 0 amide bonds. The molecule has 0 N–H and O–H groups in total. The second-order valence-electron chi connectivity index (χ2n) is 15.5. The number of hydrogen-bond donors (Lipinski definition) is 0. The molecule has 0 saturated carbocycles. The Bertz CT molecular complexity index is 2960. The molecular weight excluding hydrogens is 672 g/mol. The first-order valence-corrected chi connectivity index (χ1v) is 19.5. The first kappa shape index (κ1) is 35.9. The Morgan fingerprint density at radius 2 is 0.786 bits per heavy atom. The van der Waals surface area contributed by atoms with Gasteiger partial charge in [-0.1, -0.05) is 124 Å². The normalized spacial score (nSPS) is 11.5. The molecule has 0 radical (unpaired) electrons. The van der Waals surface area contributed by atoms with Crippen molar-refractivity contribution in [2.45, 2.75) is 0 Å². The molecule has 0 bridgehead atoms. The maximum Gasteiger partial charge on any atom is 0.167 e. The van der Waals surface area contributed by atoms with E-state index in [2.05, 4.69) is 119 Å². The summed E-state index contributed by atoms with van der Waals surface area (Å²) in [6.07, 6.45) is 0. The Balaban J connectivity index is 1.36. The van der Waals surface area contributed by atoms with Crippen molar-refractivity contribution in [3.63, 3.8) is 0 Å². The van der Waals surface area contributed by atoms with Gasteiger partial charge in [0.15, 0.2) is 17.5 Å². The van der Waals surface area contributed by atoms with Crippen LogP contribution in [0.2, 0.25) is 0 Å². The Hall–Kier alpha value is -5.81. The zero-order valence-corrected chi connectivity index (χ0v) is 33.6. The van der Waals surface area contributed by atoms with Crippen LogP contribution in [0.4, 0.5) is 0 Å². The second-order valence-corrected chi connectivity index (χ2v) is 15.5. The van der Waals surface area contributed by atoms with Crippen molar-refractivity contribution in [1.82, 2.24) is 15.0 Å². The molecule has 0 fully saturated rings. The van der Waals surface area contributed by atoms with Crippen molar-refractivity contribution >= 4 is 152 Å². The van der Waals surface area contributed by atoms with Crippen LogP contribution in [0.15, 0.2) is 114 Å². The highest BCUT2D eigenvalue weighted by Crippen LogP contribution is 2.42. The molecule has 0 aliphatic heterocycles. The molecule has 0 aliphatic rings. The molecule has 2 aromatic heterocycles. The number of furan rings is 1. The van der Waals surface area contributed by atoms with Crippen molar-refractivity contribution in [3.05, 3.63) is 109 Å². The number of nitrogens with zero attached hydrogens (tertiary/aromatic N) is 3. The molecule has 56 heavy (non-hydrogen) atoms. The summed E-state index contributed by atoms with van der Waals surface area (Å²) in [6, 6.07) is 37.6. The molecule has 256 valence electrons. The first-order chi connectivity index (χ1) is 27.0. The molecule has 0 unspecified atom stereocenters. The highest BCUT2D eigenvalue weighted by Gasteiger charge is 2.25. The van der Waals surface area contributed by atoms with E-state index in [1.54, 1.807) is 0 Å². The van der Waals surface area contributed by atoms with Gasteiger partial charge in [-0.2, -0.15) is 0 Å². The molecule has 4 nitrogen and oxygen atoms in total. The van der Waals surface area contributed by atoms with E-state index >= 15 is 0 Å². The van der Waals surface area contributed by atoms with Crippen molar-refractivity contribution in [1.29, 1.82) is 0 Å². The van der Waals surface area contributed by atoms with E-state index in [4.69, 9.17) is 19.4 Å². The molecule has 0 spiro atoms. The number of fused-ring (bicyclic) bond motifs is 4. The summed E-state index contributed by atoms with van der Waals surface area (Å²) in [5, 5.41) is 4.45. The average Bonchev–Trinajstić information content (AvgIpc) is 3.60. The van der Waals surface area contributed by atoms with Gasteiger partial charge >= 0.3 is 0 Å². The maximum absolute atomic E-state index is 7.00. The van der Waals surface area contributed by atoms with Crippen molar-refractivity contribution in [2.24, 2.45) is 0 Å². The predicted molar refractivity (Wildman–Crippen MR) is 265 cm³/mol. The topological polar surface area (TPSA) is 51.8 Å². The summed E-state index contributed by atoms with van der Waals surface area (Å²) in [4.78, 5) is 15.3. The van der Waals surface area contributed by atoms with E-state index in [0.29, 0.717) is 17.5 Å². The van der Waals surface area contributed by atoms with Gasteiger partial charge in [0.05, 0.1) is 5.56 Å². The molecule has 0 saturated heterocycles. The van der Waals surface area contributed by atoms with Crippen LogP contribution in [0.3, 0.4) is 0 Å². The van der Waals surface area contributed by atoms with Gasteiger partial charge in [-0.3, -0.25) is 0 Å². The third-order valence-electron chi connectivity index (χ3n) is 12.6. The highest BCUT2D eigenvalue weighted by atomic mass is 16.3. The lowest BCUT2D eigenvalue weighted by Gasteiger charge is -2.27. The van der Waals surface area contributed by atoms with Crippen molar-refractivity contribution in [2.75, 3.05) is 0 Å².